The quantitative estimate of drug-likeness (QED) is 0.901. The molecule has 0 amide bonds. The van der Waals surface area contributed by atoms with Crippen LogP contribution in [0.25, 0.3) is 11.4 Å². The fourth-order valence-electron chi connectivity index (χ4n) is 3.01. The molecule has 0 saturated heterocycles. The highest BCUT2D eigenvalue weighted by atomic mass is 16.5. The number of nitrogens with zero attached hydrogens (tertiary/aromatic N) is 2. The molecule has 0 aliphatic heterocycles. The van der Waals surface area contributed by atoms with Crippen molar-refractivity contribution in [1.82, 2.24) is 10.1 Å². The fraction of sp³-hybridized carbons (Fsp3) is 0.529. The highest BCUT2D eigenvalue weighted by Gasteiger charge is 2.28. The zero-order valence-electron chi connectivity index (χ0n) is 14.0. The van der Waals surface area contributed by atoms with Crippen LogP contribution in [-0.2, 0) is 12.0 Å². The summed E-state index contributed by atoms with van der Waals surface area (Å²) in [5, 5.41) is 14.0. The zero-order chi connectivity index (χ0) is 16.5. The average Bonchev–Trinajstić information content (AvgIpc) is 2.84. The smallest absolute Gasteiger partial charge is 0.240 e. The van der Waals surface area contributed by atoms with Gasteiger partial charge in [0.05, 0.1) is 12.1 Å². The third-order valence-electron chi connectivity index (χ3n) is 3.63. The molecule has 0 saturated carbocycles. The first kappa shape index (κ1) is 16.5. The van der Waals surface area contributed by atoms with Crippen molar-refractivity contribution >= 4 is 0 Å². The summed E-state index contributed by atoms with van der Waals surface area (Å²) < 4.78 is 5.03. The fourth-order valence-corrected chi connectivity index (χ4v) is 3.01. The van der Waals surface area contributed by atoms with Gasteiger partial charge in [-0.25, -0.2) is 0 Å². The molecule has 2 rings (SSSR count). The van der Waals surface area contributed by atoms with E-state index >= 15 is 0 Å². The molecule has 0 fully saturated rings. The lowest BCUT2D eigenvalue weighted by Gasteiger charge is -2.33. The minimum atomic E-state index is -0.0267. The Labute approximate surface area is 131 Å². The Hall–Kier alpha value is -1.88. The van der Waals surface area contributed by atoms with Gasteiger partial charge in [0, 0.05) is 0 Å². The van der Waals surface area contributed by atoms with E-state index in [0.29, 0.717) is 17.3 Å². The lowest BCUT2D eigenvalue weighted by molar-refractivity contribution is 0.284. The Balaban J connectivity index is 2.42. The van der Waals surface area contributed by atoms with Crippen molar-refractivity contribution in [1.29, 1.82) is 0 Å². The molecule has 0 unspecified atom stereocenters. The van der Waals surface area contributed by atoms with Gasteiger partial charge >= 0.3 is 0 Å². The van der Waals surface area contributed by atoms with E-state index < -0.39 is 0 Å². The number of aromatic nitrogens is 2. The zero-order valence-corrected chi connectivity index (χ0v) is 14.0. The predicted molar refractivity (Wildman–Crippen MR) is 86.4 cm³/mol. The molecule has 0 spiro atoms. The highest BCUT2D eigenvalue weighted by molar-refractivity contribution is 5.64. The molecule has 0 radical (unpaired) electrons. The molecule has 1 aromatic carbocycles. The van der Waals surface area contributed by atoms with Crippen molar-refractivity contribution in [2.45, 2.75) is 53.0 Å². The molecule has 5 nitrogen and oxygen atoms in total. The predicted octanol–water partition coefficient (Wildman–Crippen LogP) is 3.61. The summed E-state index contributed by atoms with van der Waals surface area (Å²) in [5.74, 6) is 0.861. The summed E-state index contributed by atoms with van der Waals surface area (Å²) in [6.07, 6.45) is 1.02. The largest absolute Gasteiger partial charge is 0.507 e. The van der Waals surface area contributed by atoms with Gasteiger partial charge < -0.3 is 15.4 Å². The SMILES string of the molecule is CC(C)(C)CC(C)(C)c1ccc(O)c(-c2noc(CN)n2)c1. The maximum absolute atomic E-state index is 10.1. The minimum absolute atomic E-state index is 0.0267. The van der Waals surface area contributed by atoms with Gasteiger partial charge in [0.1, 0.15) is 5.75 Å². The molecule has 2 aromatic rings. The van der Waals surface area contributed by atoms with E-state index in [1.54, 1.807) is 6.07 Å². The van der Waals surface area contributed by atoms with Gasteiger partial charge in [-0.15, -0.1) is 0 Å². The Kier molecular flexibility index (Phi) is 4.29. The number of aromatic hydroxyl groups is 1. The van der Waals surface area contributed by atoms with Gasteiger partial charge in [0.25, 0.3) is 0 Å². The van der Waals surface area contributed by atoms with E-state index in [9.17, 15) is 5.11 Å². The van der Waals surface area contributed by atoms with Gasteiger partial charge in [-0.1, -0.05) is 45.8 Å². The number of nitrogens with two attached hydrogens (primary N) is 1. The second-order valence-corrected chi connectivity index (χ2v) is 7.57. The first-order valence-corrected chi connectivity index (χ1v) is 7.49. The van der Waals surface area contributed by atoms with Crippen LogP contribution in [0.1, 0.15) is 52.5 Å². The van der Waals surface area contributed by atoms with E-state index in [1.165, 1.54) is 0 Å². The van der Waals surface area contributed by atoms with E-state index in [2.05, 4.69) is 44.8 Å². The number of benzene rings is 1. The first-order chi connectivity index (χ1) is 10.1. The summed E-state index contributed by atoms with van der Waals surface area (Å²) in [6, 6.07) is 5.58. The molecular formula is C17H25N3O2. The third kappa shape index (κ3) is 3.65. The van der Waals surface area contributed by atoms with Crippen molar-refractivity contribution in [3.8, 4) is 17.1 Å². The summed E-state index contributed by atoms with van der Waals surface area (Å²) >= 11 is 0. The average molecular weight is 303 g/mol. The molecule has 0 aliphatic carbocycles. The van der Waals surface area contributed by atoms with Crippen LogP contribution in [0.3, 0.4) is 0 Å². The lowest BCUT2D eigenvalue weighted by atomic mass is 9.72. The molecule has 0 atom stereocenters. The van der Waals surface area contributed by atoms with E-state index in [1.807, 2.05) is 12.1 Å². The van der Waals surface area contributed by atoms with Crippen LogP contribution < -0.4 is 5.73 Å². The Morgan fingerprint density at radius 3 is 2.41 bits per heavy atom. The number of phenols is 1. The van der Waals surface area contributed by atoms with Gasteiger partial charge in [-0.2, -0.15) is 4.98 Å². The van der Waals surface area contributed by atoms with E-state index in [4.69, 9.17) is 10.3 Å². The van der Waals surface area contributed by atoms with E-state index in [-0.39, 0.29) is 23.1 Å². The monoisotopic (exact) mass is 303 g/mol. The summed E-state index contributed by atoms with van der Waals surface area (Å²) in [6.45, 7) is 11.3. The molecule has 0 bridgehead atoms. The van der Waals surface area contributed by atoms with Crippen molar-refractivity contribution in [3.63, 3.8) is 0 Å². The Bertz CT molecular complexity index is 654. The summed E-state index contributed by atoms with van der Waals surface area (Å²) in [7, 11) is 0. The molecule has 1 heterocycles. The lowest BCUT2D eigenvalue weighted by Crippen LogP contribution is -2.24. The standard InChI is InChI=1S/C17H25N3O2/c1-16(2,3)10-17(4,5)11-6-7-13(21)12(8-11)15-19-14(9-18)22-20-15/h6-8,21H,9-10,18H2,1-5H3. The van der Waals surface area contributed by atoms with Gasteiger partial charge in [-0.3, -0.25) is 0 Å². The summed E-state index contributed by atoms with van der Waals surface area (Å²) in [4.78, 5) is 4.19. The van der Waals surface area contributed by atoms with Crippen LogP contribution >= 0.6 is 0 Å². The van der Waals surface area contributed by atoms with Crippen LogP contribution in [0.5, 0.6) is 5.75 Å². The van der Waals surface area contributed by atoms with Crippen molar-refractivity contribution in [2.24, 2.45) is 11.1 Å². The third-order valence-corrected chi connectivity index (χ3v) is 3.63. The molecule has 22 heavy (non-hydrogen) atoms. The second kappa shape index (κ2) is 5.72. The maximum atomic E-state index is 10.1. The molecule has 3 N–H and O–H groups in total. The van der Waals surface area contributed by atoms with Crippen molar-refractivity contribution < 1.29 is 9.63 Å². The van der Waals surface area contributed by atoms with Gasteiger partial charge in [-0.05, 0) is 34.9 Å². The highest BCUT2D eigenvalue weighted by Crippen LogP contribution is 2.39. The first-order valence-electron chi connectivity index (χ1n) is 7.49. The minimum Gasteiger partial charge on any atom is -0.507 e. The van der Waals surface area contributed by atoms with Crippen LogP contribution in [0.4, 0.5) is 0 Å². The van der Waals surface area contributed by atoms with Crippen LogP contribution in [0, 0.1) is 5.41 Å². The second-order valence-electron chi connectivity index (χ2n) is 7.57. The maximum Gasteiger partial charge on any atom is 0.240 e. The normalized spacial score (nSPS) is 12.6. The van der Waals surface area contributed by atoms with Gasteiger partial charge in [0.2, 0.25) is 11.7 Å². The molecule has 120 valence electrons. The van der Waals surface area contributed by atoms with Gasteiger partial charge in [0.15, 0.2) is 0 Å². The Morgan fingerprint density at radius 1 is 1.18 bits per heavy atom. The van der Waals surface area contributed by atoms with Crippen molar-refractivity contribution in [2.75, 3.05) is 0 Å². The topological polar surface area (TPSA) is 85.2 Å². The number of hydrogen-bond donors (Lipinski definition) is 2. The number of rotatable bonds is 4. The van der Waals surface area contributed by atoms with E-state index in [0.717, 1.165) is 12.0 Å². The van der Waals surface area contributed by atoms with Crippen LogP contribution in [-0.4, -0.2) is 15.2 Å². The molecular weight excluding hydrogens is 278 g/mol. The summed E-state index contributed by atoms with van der Waals surface area (Å²) in [5.41, 5.74) is 7.38. The number of phenolic OH excluding ortho intramolecular Hbond substituents is 1. The van der Waals surface area contributed by atoms with Crippen molar-refractivity contribution in [3.05, 3.63) is 29.7 Å². The number of hydrogen-bond acceptors (Lipinski definition) is 5. The van der Waals surface area contributed by atoms with Crippen LogP contribution in [0.15, 0.2) is 22.7 Å². The molecule has 5 heteroatoms. The molecule has 0 aliphatic rings. The molecule has 1 aromatic heterocycles. The Morgan fingerprint density at radius 2 is 1.86 bits per heavy atom. The van der Waals surface area contributed by atoms with Crippen LogP contribution in [0.2, 0.25) is 0 Å².